The molecule has 0 spiro atoms. The van der Waals surface area contributed by atoms with Crippen LogP contribution in [-0.4, -0.2) is 6.21 Å². The summed E-state index contributed by atoms with van der Waals surface area (Å²) in [5.74, 6) is 0. The minimum Gasteiger partial charge on any atom is -0.256 e. The van der Waals surface area contributed by atoms with E-state index in [0.29, 0.717) is 12.0 Å². The van der Waals surface area contributed by atoms with Gasteiger partial charge in [-0.05, 0) is 46.5 Å². The Bertz CT molecular complexity index is 952. The number of benzene rings is 3. The summed E-state index contributed by atoms with van der Waals surface area (Å²) >= 11 is 0. The number of hydrogen-bond donors (Lipinski definition) is 0. The highest BCUT2D eigenvalue weighted by atomic mass is 14.7. The van der Waals surface area contributed by atoms with Crippen molar-refractivity contribution in [2.24, 2.45) is 4.99 Å². The molecule has 3 aromatic rings. The van der Waals surface area contributed by atoms with Crippen LogP contribution < -0.4 is 0 Å². The Kier molecular flexibility index (Phi) is 5.00. The molecule has 0 N–H and O–H groups in total. The Balaban J connectivity index is 1.72. The standard InChI is InChI=1S/C22H15N3/c23-14-13-17-1-7-20(8-2-17)21-9-3-19(4-10-21)16-25-22-11-5-18(15-24)6-12-22/h1-12,16H,13H2/b25-16+. The molecule has 3 aromatic carbocycles. The summed E-state index contributed by atoms with van der Waals surface area (Å²) in [5, 5.41) is 17.5. The van der Waals surface area contributed by atoms with E-state index in [0.717, 1.165) is 27.9 Å². The maximum absolute atomic E-state index is 8.80. The van der Waals surface area contributed by atoms with Crippen LogP contribution in [0.15, 0.2) is 77.8 Å². The van der Waals surface area contributed by atoms with Gasteiger partial charge in [0.2, 0.25) is 0 Å². The van der Waals surface area contributed by atoms with Crippen LogP contribution in [0.4, 0.5) is 5.69 Å². The highest BCUT2D eigenvalue weighted by Crippen LogP contribution is 2.20. The minimum absolute atomic E-state index is 0.436. The first-order chi connectivity index (χ1) is 12.3. The summed E-state index contributed by atoms with van der Waals surface area (Å²) in [5.41, 5.74) is 5.73. The second-order valence-electron chi connectivity index (χ2n) is 5.57. The molecule has 25 heavy (non-hydrogen) atoms. The molecule has 118 valence electrons. The van der Waals surface area contributed by atoms with Gasteiger partial charge in [0, 0.05) is 6.21 Å². The third kappa shape index (κ3) is 4.19. The Hall–Kier alpha value is -3.69. The molecule has 0 heterocycles. The first-order valence-corrected chi connectivity index (χ1v) is 7.89. The van der Waals surface area contributed by atoms with Crippen molar-refractivity contribution in [1.29, 1.82) is 10.5 Å². The summed E-state index contributed by atoms with van der Waals surface area (Å²) < 4.78 is 0. The van der Waals surface area contributed by atoms with Gasteiger partial charge >= 0.3 is 0 Å². The average Bonchev–Trinajstić information content (AvgIpc) is 2.68. The fourth-order valence-corrected chi connectivity index (χ4v) is 2.44. The molecule has 0 radical (unpaired) electrons. The molecule has 0 bridgehead atoms. The van der Waals surface area contributed by atoms with Gasteiger partial charge in [-0.3, -0.25) is 4.99 Å². The molecule has 0 aliphatic rings. The monoisotopic (exact) mass is 321 g/mol. The van der Waals surface area contributed by atoms with Crippen molar-refractivity contribution in [1.82, 2.24) is 0 Å². The van der Waals surface area contributed by atoms with Crippen molar-refractivity contribution in [2.45, 2.75) is 6.42 Å². The zero-order valence-corrected chi connectivity index (χ0v) is 13.6. The van der Waals surface area contributed by atoms with Crippen LogP contribution in [-0.2, 0) is 6.42 Å². The van der Waals surface area contributed by atoms with E-state index in [4.69, 9.17) is 10.5 Å². The lowest BCUT2D eigenvalue weighted by Crippen LogP contribution is -1.84. The van der Waals surface area contributed by atoms with Crippen LogP contribution in [0.3, 0.4) is 0 Å². The molecule has 0 aliphatic carbocycles. The van der Waals surface area contributed by atoms with Gasteiger partial charge in [0.05, 0.1) is 29.8 Å². The lowest BCUT2D eigenvalue weighted by molar-refractivity contribution is 1.26. The van der Waals surface area contributed by atoms with Gasteiger partial charge in [0.1, 0.15) is 0 Å². The first-order valence-electron chi connectivity index (χ1n) is 7.89. The van der Waals surface area contributed by atoms with Gasteiger partial charge in [-0.15, -0.1) is 0 Å². The van der Waals surface area contributed by atoms with Crippen LogP contribution in [0, 0.1) is 22.7 Å². The van der Waals surface area contributed by atoms with E-state index in [-0.39, 0.29) is 0 Å². The molecule has 0 aliphatic heterocycles. The topological polar surface area (TPSA) is 59.9 Å². The molecular formula is C22H15N3. The van der Waals surface area contributed by atoms with Gasteiger partial charge in [-0.1, -0.05) is 48.5 Å². The number of nitrogens with zero attached hydrogens (tertiary/aromatic N) is 3. The van der Waals surface area contributed by atoms with E-state index in [1.165, 1.54) is 0 Å². The third-order valence-electron chi connectivity index (χ3n) is 3.84. The van der Waals surface area contributed by atoms with E-state index >= 15 is 0 Å². The molecule has 0 aromatic heterocycles. The molecule has 0 amide bonds. The lowest BCUT2D eigenvalue weighted by Gasteiger charge is -2.03. The second-order valence-corrected chi connectivity index (χ2v) is 5.57. The van der Waals surface area contributed by atoms with E-state index in [2.05, 4.69) is 29.3 Å². The van der Waals surface area contributed by atoms with E-state index in [1.807, 2.05) is 48.5 Å². The summed E-state index contributed by atoms with van der Waals surface area (Å²) in [4.78, 5) is 4.42. The maximum Gasteiger partial charge on any atom is 0.0991 e. The summed E-state index contributed by atoms with van der Waals surface area (Å²) in [7, 11) is 0. The molecule has 0 unspecified atom stereocenters. The summed E-state index contributed by atoms with van der Waals surface area (Å²) in [6.07, 6.45) is 2.24. The Morgan fingerprint density at radius 2 is 1.36 bits per heavy atom. The zero-order chi connectivity index (χ0) is 17.5. The SMILES string of the molecule is N#CCc1ccc(-c2ccc(/C=N/c3ccc(C#N)cc3)cc2)cc1. The third-order valence-corrected chi connectivity index (χ3v) is 3.84. The second kappa shape index (κ2) is 7.73. The molecule has 0 atom stereocenters. The predicted octanol–water partition coefficient (Wildman–Crippen LogP) is 5.04. The van der Waals surface area contributed by atoms with Crippen molar-refractivity contribution in [2.75, 3.05) is 0 Å². The highest BCUT2D eigenvalue weighted by molar-refractivity contribution is 5.83. The molecule has 3 nitrogen and oxygen atoms in total. The fourth-order valence-electron chi connectivity index (χ4n) is 2.44. The molecule has 3 heteroatoms. The zero-order valence-electron chi connectivity index (χ0n) is 13.6. The quantitative estimate of drug-likeness (QED) is 0.632. The van der Waals surface area contributed by atoms with Crippen LogP contribution in [0.25, 0.3) is 11.1 Å². The van der Waals surface area contributed by atoms with Gasteiger partial charge in [0.15, 0.2) is 0 Å². The lowest BCUT2D eigenvalue weighted by atomic mass is 10.0. The largest absolute Gasteiger partial charge is 0.256 e. The number of aliphatic imine (C=N–C) groups is 1. The van der Waals surface area contributed by atoms with Crippen LogP contribution in [0.1, 0.15) is 16.7 Å². The van der Waals surface area contributed by atoms with Crippen molar-refractivity contribution < 1.29 is 0 Å². The molecular weight excluding hydrogens is 306 g/mol. The smallest absolute Gasteiger partial charge is 0.0991 e. The van der Waals surface area contributed by atoms with Gasteiger partial charge < -0.3 is 0 Å². The van der Waals surface area contributed by atoms with Crippen molar-refractivity contribution in [3.05, 3.63) is 89.5 Å². The number of rotatable bonds is 4. The van der Waals surface area contributed by atoms with Crippen LogP contribution >= 0.6 is 0 Å². The Morgan fingerprint density at radius 3 is 1.92 bits per heavy atom. The van der Waals surface area contributed by atoms with Crippen molar-refractivity contribution in [3.63, 3.8) is 0 Å². The molecule has 0 fully saturated rings. The molecule has 3 rings (SSSR count). The Labute approximate surface area is 147 Å². The summed E-state index contributed by atoms with van der Waals surface area (Å²) in [6, 6.07) is 27.6. The van der Waals surface area contributed by atoms with Crippen molar-refractivity contribution >= 4 is 11.9 Å². The fraction of sp³-hybridized carbons (Fsp3) is 0.0455. The van der Waals surface area contributed by atoms with Gasteiger partial charge in [-0.25, -0.2) is 0 Å². The predicted molar refractivity (Wildman–Crippen MR) is 99.6 cm³/mol. The molecule has 0 saturated carbocycles. The minimum atomic E-state index is 0.436. The molecule has 0 saturated heterocycles. The number of hydrogen-bond acceptors (Lipinski definition) is 3. The Morgan fingerprint density at radius 1 is 0.760 bits per heavy atom. The first kappa shape index (κ1) is 16.2. The average molecular weight is 321 g/mol. The normalized spacial score (nSPS) is 10.3. The van der Waals surface area contributed by atoms with Crippen LogP contribution in [0.5, 0.6) is 0 Å². The number of nitriles is 2. The maximum atomic E-state index is 8.80. The van der Waals surface area contributed by atoms with E-state index in [1.54, 1.807) is 18.3 Å². The van der Waals surface area contributed by atoms with Crippen molar-refractivity contribution in [3.8, 4) is 23.3 Å². The highest BCUT2D eigenvalue weighted by Gasteiger charge is 1.99. The van der Waals surface area contributed by atoms with E-state index in [9.17, 15) is 0 Å². The van der Waals surface area contributed by atoms with Gasteiger partial charge in [0.25, 0.3) is 0 Å². The summed E-state index contributed by atoms with van der Waals surface area (Å²) in [6.45, 7) is 0. The van der Waals surface area contributed by atoms with E-state index < -0.39 is 0 Å². The van der Waals surface area contributed by atoms with Gasteiger partial charge in [-0.2, -0.15) is 10.5 Å². The van der Waals surface area contributed by atoms with Crippen LogP contribution in [0.2, 0.25) is 0 Å².